The Bertz CT molecular complexity index is 1460. The summed E-state index contributed by atoms with van der Waals surface area (Å²) in [6, 6.07) is 17.5. The Morgan fingerprint density at radius 2 is 1.81 bits per heavy atom. The average Bonchev–Trinajstić information content (AvgIpc) is 3.09. The molecular formula is C26H20ClNO4. The molecule has 160 valence electrons. The number of amides is 1. The van der Waals surface area contributed by atoms with E-state index in [0.29, 0.717) is 33.0 Å². The molecule has 0 bridgehead atoms. The van der Waals surface area contributed by atoms with Crippen LogP contribution in [0.3, 0.4) is 0 Å². The van der Waals surface area contributed by atoms with E-state index < -0.39 is 6.04 Å². The van der Waals surface area contributed by atoms with Crippen LogP contribution in [0.2, 0.25) is 5.02 Å². The van der Waals surface area contributed by atoms with Crippen molar-refractivity contribution >= 4 is 34.2 Å². The van der Waals surface area contributed by atoms with Gasteiger partial charge in [-0.2, -0.15) is 0 Å². The van der Waals surface area contributed by atoms with Gasteiger partial charge in [-0.15, -0.1) is 0 Å². The second-order valence-electron chi connectivity index (χ2n) is 7.96. The van der Waals surface area contributed by atoms with Crippen molar-refractivity contribution in [2.75, 3.05) is 12.0 Å². The molecule has 0 saturated carbocycles. The van der Waals surface area contributed by atoms with E-state index in [9.17, 15) is 9.59 Å². The number of halogens is 1. The Morgan fingerprint density at radius 3 is 2.56 bits per heavy atom. The monoisotopic (exact) mass is 445 g/mol. The zero-order chi connectivity index (χ0) is 22.6. The van der Waals surface area contributed by atoms with Gasteiger partial charge >= 0.3 is 0 Å². The summed E-state index contributed by atoms with van der Waals surface area (Å²) in [7, 11) is 1.58. The fourth-order valence-corrected chi connectivity index (χ4v) is 4.39. The van der Waals surface area contributed by atoms with E-state index in [4.69, 9.17) is 20.8 Å². The highest BCUT2D eigenvalue weighted by Crippen LogP contribution is 2.42. The maximum atomic E-state index is 13.7. The fraction of sp³-hybridized carbons (Fsp3) is 0.154. The van der Waals surface area contributed by atoms with Gasteiger partial charge in [0.2, 0.25) is 5.76 Å². The molecule has 0 spiro atoms. The van der Waals surface area contributed by atoms with E-state index >= 15 is 0 Å². The topological polar surface area (TPSA) is 59.8 Å². The van der Waals surface area contributed by atoms with Gasteiger partial charge in [0.15, 0.2) is 5.43 Å². The van der Waals surface area contributed by atoms with E-state index in [-0.39, 0.29) is 17.1 Å². The van der Waals surface area contributed by atoms with E-state index in [2.05, 4.69) is 0 Å². The first-order valence-electron chi connectivity index (χ1n) is 10.2. The molecule has 3 aromatic carbocycles. The lowest BCUT2D eigenvalue weighted by atomic mass is 9.97. The molecule has 2 heterocycles. The van der Waals surface area contributed by atoms with Gasteiger partial charge in [-0.1, -0.05) is 41.4 Å². The molecule has 5 nitrogen and oxygen atoms in total. The summed E-state index contributed by atoms with van der Waals surface area (Å²) < 4.78 is 11.4. The lowest BCUT2D eigenvalue weighted by Crippen LogP contribution is -2.29. The molecule has 1 unspecified atom stereocenters. The second kappa shape index (κ2) is 7.53. The average molecular weight is 446 g/mol. The van der Waals surface area contributed by atoms with Crippen LogP contribution >= 0.6 is 11.6 Å². The highest BCUT2D eigenvalue weighted by molar-refractivity contribution is 6.31. The quantitative estimate of drug-likeness (QED) is 0.398. The van der Waals surface area contributed by atoms with Crippen molar-refractivity contribution in [2.24, 2.45) is 0 Å². The first-order valence-corrected chi connectivity index (χ1v) is 10.6. The number of benzene rings is 3. The smallest absolute Gasteiger partial charge is 0.295 e. The summed E-state index contributed by atoms with van der Waals surface area (Å²) in [4.78, 5) is 28.8. The number of aryl methyl sites for hydroxylation is 2. The highest BCUT2D eigenvalue weighted by Gasteiger charge is 2.43. The minimum absolute atomic E-state index is 0.0517. The molecule has 5 rings (SSSR count). The molecule has 0 radical (unpaired) electrons. The first kappa shape index (κ1) is 20.3. The van der Waals surface area contributed by atoms with E-state index in [0.717, 1.165) is 16.7 Å². The number of fused-ring (bicyclic) bond motifs is 2. The van der Waals surface area contributed by atoms with Gasteiger partial charge in [0.25, 0.3) is 5.91 Å². The Labute approximate surface area is 189 Å². The molecule has 0 aliphatic carbocycles. The molecule has 4 aromatic rings. The third-order valence-electron chi connectivity index (χ3n) is 5.87. The minimum atomic E-state index is -0.674. The summed E-state index contributed by atoms with van der Waals surface area (Å²) in [6.07, 6.45) is 0. The number of hydrogen-bond acceptors (Lipinski definition) is 4. The molecule has 0 saturated heterocycles. The fourth-order valence-electron chi connectivity index (χ4n) is 4.21. The van der Waals surface area contributed by atoms with Crippen LogP contribution in [0.4, 0.5) is 5.69 Å². The summed E-state index contributed by atoms with van der Waals surface area (Å²) >= 11 is 6.38. The SMILES string of the molecule is COc1cccc(C2c3c(oc4ccc(C)cc4c3=O)C(=O)N2c2ccc(C)c(Cl)c2)c1. The molecule has 1 amide bonds. The molecule has 32 heavy (non-hydrogen) atoms. The second-order valence-corrected chi connectivity index (χ2v) is 8.37. The summed E-state index contributed by atoms with van der Waals surface area (Å²) in [5.41, 5.74) is 3.66. The van der Waals surface area contributed by atoms with Crippen molar-refractivity contribution in [1.29, 1.82) is 0 Å². The van der Waals surface area contributed by atoms with Gasteiger partial charge in [0.1, 0.15) is 11.3 Å². The van der Waals surface area contributed by atoms with Crippen LogP contribution in [0.25, 0.3) is 11.0 Å². The van der Waals surface area contributed by atoms with Crippen LogP contribution in [-0.2, 0) is 0 Å². The zero-order valence-corrected chi connectivity index (χ0v) is 18.6. The number of ether oxygens (including phenoxy) is 1. The van der Waals surface area contributed by atoms with Crippen molar-refractivity contribution in [3.63, 3.8) is 0 Å². The van der Waals surface area contributed by atoms with Crippen LogP contribution in [0.1, 0.15) is 38.9 Å². The number of nitrogens with zero attached hydrogens (tertiary/aromatic N) is 1. The summed E-state index contributed by atoms with van der Waals surface area (Å²) in [5, 5.41) is 0.990. The maximum Gasteiger partial charge on any atom is 0.295 e. The van der Waals surface area contributed by atoms with Gasteiger partial charge in [-0.25, -0.2) is 0 Å². The summed E-state index contributed by atoms with van der Waals surface area (Å²) in [5.74, 6) is 0.300. The van der Waals surface area contributed by atoms with Gasteiger partial charge in [-0.3, -0.25) is 14.5 Å². The van der Waals surface area contributed by atoms with Crippen LogP contribution < -0.4 is 15.1 Å². The van der Waals surface area contributed by atoms with Gasteiger partial charge < -0.3 is 9.15 Å². The van der Waals surface area contributed by atoms with E-state index in [1.807, 2.05) is 56.3 Å². The lowest BCUT2D eigenvalue weighted by molar-refractivity contribution is 0.0971. The predicted octanol–water partition coefficient (Wildman–Crippen LogP) is 5.82. The van der Waals surface area contributed by atoms with Crippen LogP contribution in [-0.4, -0.2) is 13.0 Å². The van der Waals surface area contributed by atoms with Crippen molar-refractivity contribution in [3.8, 4) is 5.75 Å². The molecule has 1 atom stereocenters. The predicted molar refractivity (Wildman–Crippen MR) is 125 cm³/mol. The Kier molecular flexibility index (Phi) is 4.79. The van der Waals surface area contributed by atoms with Crippen molar-refractivity contribution in [1.82, 2.24) is 0 Å². The van der Waals surface area contributed by atoms with Crippen molar-refractivity contribution in [3.05, 3.63) is 104 Å². The number of carbonyl (C=O) groups is 1. The van der Waals surface area contributed by atoms with Crippen LogP contribution in [0.5, 0.6) is 5.75 Å². The number of methoxy groups -OCH3 is 1. The van der Waals surface area contributed by atoms with Crippen molar-refractivity contribution in [2.45, 2.75) is 19.9 Å². The molecule has 0 N–H and O–H groups in total. The van der Waals surface area contributed by atoms with E-state index in [1.165, 1.54) is 0 Å². The number of hydrogen-bond donors (Lipinski definition) is 0. The third kappa shape index (κ3) is 3.09. The van der Waals surface area contributed by atoms with Gasteiger partial charge in [0, 0.05) is 10.7 Å². The number of rotatable bonds is 3. The van der Waals surface area contributed by atoms with Crippen molar-refractivity contribution < 1.29 is 13.9 Å². The molecule has 1 aliphatic heterocycles. The Morgan fingerprint density at radius 1 is 1.00 bits per heavy atom. The Hall–Kier alpha value is -3.57. The highest BCUT2D eigenvalue weighted by atomic mass is 35.5. The molecular weight excluding hydrogens is 426 g/mol. The zero-order valence-electron chi connectivity index (χ0n) is 17.8. The maximum absolute atomic E-state index is 13.7. The standard InChI is InChI=1S/C26H20ClNO4/c1-14-7-10-21-19(11-14)24(29)22-23(16-5-4-6-18(12-16)31-3)28(26(30)25(22)32-21)17-9-8-15(2)20(27)13-17/h4-13,23H,1-3H3. The molecule has 1 aliphatic rings. The summed E-state index contributed by atoms with van der Waals surface area (Å²) in [6.45, 7) is 3.81. The van der Waals surface area contributed by atoms with Crippen LogP contribution in [0.15, 0.2) is 69.9 Å². The minimum Gasteiger partial charge on any atom is -0.497 e. The van der Waals surface area contributed by atoms with Gasteiger partial charge in [0.05, 0.1) is 24.1 Å². The third-order valence-corrected chi connectivity index (χ3v) is 6.28. The Balaban J connectivity index is 1.82. The van der Waals surface area contributed by atoms with E-state index in [1.54, 1.807) is 30.2 Å². The molecule has 1 aromatic heterocycles. The molecule has 0 fully saturated rings. The normalized spacial score (nSPS) is 15.3. The number of carbonyl (C=O) groups excluding carboxylic acids is 1. The van der Waals surface area contributed by atoms with Gasteiger partial charge in [-0.05, 0) is 61.4 Å². The number of anilines is 1. The van der Waals surface area contributed by atoms with Crippen LogP contribution in [0, 0.1) is 13.8 Å². The lowest BCUT2D eigenvalue weighted by Gasteiger charge is -2.26. The largest absolute Gasteiger partial charge is 0.497 e. The molecule has 6 heteroatoms. The first-order chi connectivity index (χ1) is 15.4.